The number of anilines is 3. The molecule has 11 aromatic rings. The van der Waals surface area contributed by atoms with Crippen LogP contribution in [0.15, 0.2) is 222 Å². The topological polar surface area (TPSA) is 64.0 Å². The Morgan fingerprint density at radius 2 is 1.23 bits per heavy atom. The van der Waals surface area contributed by atoms with Crippen molar-refractivity contribution in [3.8, 4) is 56.7 Å². The van der Waals surface area contributed by atoms with Gasteiger partial charge < -0.3 is 9.64 Å². The maximum absolute atomic E-state index is 7.03. The lowest BCUT2D eigenvalue weighted by Crippen LogP contribution is -2.32. The Hall–Kier alpha value is -8.39. The number of fused-ring (bicyclic) bond motifs is 14. The fraction of sp³-hybridized carbons (Fsp3) is 0.0169. The van der Waals surface area contributed by atoms with Gasteiger partial charge in [-0.05, 0) is 87.6 Å². The Bertz CT molecular complexity index is 3790. The van der Waals surface area contributed by atoms with Crippen molar-refractivity contribution in [3.05, 3.63) is 235 Å². The highest BCUT2D eigenvalue weighted by atomic mass is 32.2. The fourth-order valence-corrected chi connectivity index (χ4v) is 11.8. The fourth-order valence-electron chi connectivity index (χ4n) is 10.5. The van der Waals surface area contributed by atoms with E-state index < -0.39 is 5.41 Å². The van der Waals surface area contributed by atoms with Gasteiger partial charge in [-0.1, -0.05) is 157 Å². The minimum absolute atomic E-state index is 0.683. The van der Waals surface area contributed by atoms with E-state index in [0.717, 1.165) is 106 Å². The molecule has 1 spiro atoms. The molecule has 3 aromatic heterocycles. The van der Waals surface area contributed by atoms with Crippen molar-refractivity contribution in [1.29, 1.82) is 0 Å². The highest BCUT2D eigenvalue weighted by Crippen LogP contribution is 2.65. The first-order valence-corrected chi connectivity index (χ1v) is 22.9. The van der Waals surface area contributed by atoms with Crippen LogP contribution in [0.25, 0.3) is 66.8 Å². The molecule has 0 bridgehead atoms. The molecule has 0 fully saturated rings. The van der Waals surface area contributed by atoms with E-state index in [4.69, 9.17) is 24.7 Å². The molecule has 3 aliphatic rings. The van der Waals surface area contributed by atoms with E-state index in [-0.39, 0.29) is 0 Å². The zero-order valence-corrected chi connectivity index (χ0v) is 36.1. The maximum Gasteiger partial charge on any atom is 0.165 e. The van der Waals surface area contributed by atoms with E-state index >= 15 is 0 Å². The van der Waals surface area contributed by atoms with Gasteiger partial charge in [-0.15, -0.1) is 0 Å². The van der Waals surface area contributed by atoms with Crippen molar-refractivity contribution in [2.24, 2.45) is 0 Å². The standard InChI is InChI=1S/C59H35N5OS/c1-2-16-40(17-3-1)64-49-24-9-10-25-51(49)65-56-50(64)32-31-46-57(56)66-52-26-11-7-21-44(52)59(46)45-22-13-33-60-54(45)55-47(59)34-39(35-61-55)36-27-29-38(30-28-36)58-62-48-23-8-6-19-43(48)53(63-58)42-20-12-15-37-14-4-5-18-41(37)42/h1-35H. The molecule has 0 N–H and O–H groups in total. The minimum atomic E-state index is -0.719. The van der Waals surface area contributed by atoms with Crippen LogP contribution in [0.1, 0.15) is 22.3 Å². The molecule has 1 unspecified atom stereocenters. The second-order valence-corrected chi connectivity index (χ2v) is 18.0. The van der Waals surface area contributed by atoms with Crippen LogP contribution in [0.4, 0.5) is 17.1 Å². The summed E-state index contributed by atoms with van der Waals surface area (Å²) in [5.74, 6) is 2.34. The molecule has 1 aliphatic carbocycles. The number of ether oxygens (including phenoxy) is 1. The Kier molecular flexibility index (Phi) is 8.03. The third-order valence-corrected chi connectivity index (χ3v) is 14.6. The second kappa shape index (κ2) is 14.3. The highest BCUT2D eigenvalue weighted by molar-refractivity contribution is 7.99. The Labute approximate surface area is 384 Å². The van der Waals surface area contributed by atoms with Crippen LogP contribution < -0.4 is 9.64 Å². The molecule has 308 valence electrons. The Morgan fingerprint density at radius 1 is 0.485 bits per heavy atom. The highest BCUT2D eigenvalue weighted by Gasteiger charge is 2.53. The van der Waals surface area contributed by atoms with Crippen LogP contribution in [0.3, 0.4) is 0 Å². The van der Waals surface area contributed by atoms with Crippen LogP contribution in [0.2, 0.25) is 0 Å². The number of para-hydroxylation sites is 4. The van der Waals surface area contributed by atoms with Gasteiger partial charge >= 0.3 is 0 Å². The third kappa shape index (κ3) is 5.32. The Morgan fingerprint density at radius 3 is 2.15 bits per heavy atom. The van der Waals surface area contributed by atoms with Gasteiger partial charge in [-0.2, -0.15) is 0 Å². The van der Waals surface area contributed by atoms with E-state index in [1.54, 1.807) is 11.8 Å². The number of hydrogen-bond donors (Lipinski definition) is 0. The van der Waals surface area contributed by atoms with Gasteiger partial charge in [0.2, 0.25) is 0 Å². The summed E-state index contributed by atoms with van der Waals surface area (Å²) in [4.78, 5) is 25.3. The summed E-state index contributed by atoms with van der Waals surface area (Å²) in [6.45, 7) is 0. The van der Waals surface area contributed by atoms with Crippen molar-refractivity contribution < 1.29 is 4.74 Å². The van der Waals surface area contributed by atoms with Gasteiger partial charge in [0.1, 0.15) is 0 Å². The van der Waals surface area contributed by atoms with Crippen molar-refractivity contribution in [3.63, 3.8) is 0 Å². The summed E-state index contributed by atoms with van der Waals surface area (Å²) in [6, 6.07) is 70.6. The molecule has 5 heterocycles. The zero-order chi connectivity index (χ0) is 43.3. The lowest BCUT2D eigenvalue weighted by Gasteiger charge is -2.41. The summed E-state index contributed by atoms with van der Waals surface area (Å²) < 4.78 is 7.03. The average molecular weight is 862 g/mol. The SMILES string of the molecule is c1ccc(N2c3ccccc3Oc3c2ccc2c3Sc3ccccc3C23c2cccnc2-c2ncc(-c4ccc(-c5nc(-c6cccc7ccccc67)c6ccccc6n5)cc4)cc23)cc1. The van der Waals surface area contributed by atoms with Gasteiger partial charge in [-0.25, -0.2) is 9.97 Å². The first-order valence-electron chi connectivity index (χ1n) is 22.1. The number of rotatable bonds is 4. The summed E-state index contributed by atoms with van der Waals surface area (Å²) in [5, 5.41) is 3.37. The first kappa shape index (κ1) is 37.0. The lowest BCUT2D eigenvalue weighted by molar-refractivity contribution is 0.461. The van der Waals surface area contributed by atoms with Crippen LogP contribution in [0, 0.1) is 0 Å². The summed E-state index contributed by atoms with van der Waals surface area (Å²) in [7, 11) is 0. The van der Waals surface area contributed by atoms with Crippen LogP contribution >= 0.6 is 11.8 Å². The van der Waals surface area contributed by atoms with Crippen molar-refractivity contribution in [2.45, 2.75) is 15.2 Å². The van der Waals surface area contributed by atoms with E-state index in [0.29, 0.717) is 5.82 Å². The van der Waals surface area contributed by atoms with Gasteiger partial charge in [0.15, 0.2) is 17.3 Å². The number of hydrogen-bond acceptors (Lipinski definition) is 7. The summed E-state index contributed by atoms with van der Waals surface area (Å²) >= 11 is 1.78. The largest absolute Gasteiger partial charge is 0.452 e. The molecule has 0 radical (unpaired) electrons. The molecular weight excluding hydrogens is 827 g/mol. The van der Waals surface area contributed by atoms with E-state index in [2.05, 4.69) is 193 Å². The predicted molar refractivity (Wildman–Crippen MR) is 265 cm³/mol. The predicted octanol–water partition coefficient (Wildman–Crippen LogP) is 15.0. The van der Waals surface area contributed by atoms with E-state index in [1.807, 2.05) is 24.5 Å². The molecule has 6 nitrogen and oxygen atoms in total. The molecule has 14 rings (SSSR count). The van der Waals surface area contributed by atoms with Crippen LogP contribution in [-0.2, 0) is 5.41 Å². The summed E-state index contributed by atoms with van der Waals surface area (Å²) in [6.07, 6.45) is 3.87. The van der Waals surface area contributed by atoms with Crippen molar-refractivity contribution in [2.75, 3.05) is 4.90 Å². The smallest absolute Gasteiger partial charge is 0.165 e. The monoisotopic (exact) mass is 861 g/mol. The first-order chi connectivity index (χ1) is 32.7. The maximum atomic E-state index is 7.03. The molecule has 0 saturated heterocycles. The molecule has 66 heavy (non-hydrogen) atoms. The quantitative estimate of drug-likeness (QED) is 0.175. The minimum Gasteiger partial charge on any atom is -0.452 e. The molecule has 8 aromatic carbocycles. The number of aromatic nitrogens is 4. The molecule has 7 heteroatoms. The van der Waals surface area contributed by atoms with Crippen molar-refractivity contribution in [1.82, 2.24) is 19.9 Å². The summed E-state index contributed by atoms with van der Waals surface area (Å²) in [5.41, 5.74) is 14.6. The third-order valence-electron chi connectivity index (χ3n) is 13.4. The number of benzene rings is 8. The van der Waals surface area contributed by atoms with Gasteiger partial charge in [0.25, 0.3) is 0 Å². The normalized spacial score (nSPS) is 15.1. The van der Waals surface area contributed by atoms with E-state index in [9.17, 15) is 0 Å². The van der Waals surface area contributed by atoms with Gasteiger partial charge in [-0.3, -0.25) is 9.97 Å². The number of nitrogens with zero attached hydrogens (tertiary/aromatic N) is 5. The van der Waals surface area contributed by atoms with E-state index in [1.165, 1.54) is 15.8 Å². The molecule has 0 amide bonds. The average Bonchev–Trinajstić information content (AvgIpc) is 3.67. The van der Waals surface area contributed by atoms with Crippen LogP contribution in [0.5, 0.6) is 11.5 Å². The van der Waals surface area contributed by atoms with Gasteiger partial charge in [0, 0.05) is 50.6 Å². The van der Waals surface area contributed by atoms with Crippen molar-refractivity contribution >= 4 is 50.5 Å². The molecular formula is C59H35N5OS. The second-order valence-electron chi connectivity index (χ2n) is 16.9. The zero-order valence-electron chi connectivity index (χ0n) is 35.3. The molecule has 2 aliphatic heterocycles. The lowest BCUT2D eigenvalue weighted by atomic mass is 9.67. The molecule has 0 saturated carbocycles. The Balaban J connectivity index is 0.930. The van der Waals surface area contributed by atoms with Gasteiger partial charge in [0.05, 0.1) is 44.3 Å². The molecule has 1 atom stereocenters. The number of pyridine rings is 2. The van der Waals surface area contributed by atoms with Crippen LogP contribution in [-0.4, -0.2) is 19.9 Å².